The Balaban J connectivity index is 1.13. The van der Waals surface area contributed by atoms with Crippen molar-refractivity contribution in [1.82, 2.24) is 9.88 Å². The molecule has 3 aliphatic rings. The number of amides is 1. The van der Waals surface area contributed by atoms with Crippen LogP contribution < -0.4 is 0 Å². The van der Waals surface area contributed by atoms with Gasteiger partial charge in [-0.2, -0.15) is 13.2 Å². The van der Waals surface area contributed by atoms with Gasteiger partial charge in [-0.05, 0) is 63.8 Å². The average molecular weight is 499 g/mol. The summed E-state index contributed by atoms with van der Waals surface area (Å²) in [5.41, 5.74) is 1.89. The summed E-state index contributed by atoms with van der Waals surface area (Å²) >= 11 is 1.45. The van der Waals surface area contributed by atoms with Crippen molar-refractivity contribution in [2.45, 2.75) is 90.0 Å². The van der Waals surface area contributed by atoms with E-state index in [1.165, 1.54) is 11.3 Å². The van der Waals surface area contributed by atoms with E-state index in [2.05, 4.69) is 20.0 Å². The van der Waals surface area contributed by atoms with Crippen LogP contribution in [0.3, 0.4) is 0 Å². The van der Waals surface area contributed by atoms with Crippen molar-refractivity contribution >= 4 is 29.2 Å². The Bertz CT molecular complexity index is 907. The first-order chi connectivity index (χ1) is 16.2. The number of halogens is 3. The molecule has 4 rings (SSSR count). The Morgan fingerprint density at radius 2 is 2.09 bits per heavy atom. The molecule has 3 heterocycles. The summed E-state index contributed by atoms with van der Waals surface area (Å²) in [6, 6.07) is 0. The van der Waals surface area contributed by atoms with Gasteiger partial charge >= 0.3 is 6.18 Å². The van der Waals surface area contributed by atoms with Crippen LogP contribution in [-0.4, -0.2) is 53.1 Å². The van der Waals surface area contributed by atoms with Crippen LogP contribution in [0.25, 0.3) is 0 Å². The highest BCUT2D eigenvalue weighted by Gasteiger charge is 2.29. The van der Waals surface area contributed by atoms with Gasteiger partial charge in [-0.15, -0.1) is 11.3 Å². The number of aliphatic imine (C=N–C) groups is 1. The zero-order chi connectivity index (χ0) is 24.1. The number of carbonyl (C=O) groups excluding carboxylic acids is 1. The second-order valence-electron chi connectivity index (χ2n) is 9.82. The summed E-state index contributed by atoms with van der Waals surface area (Å²) in [5, 5.41) is 4.49. The molecule has 1 fully saturated rings. The van der Waals surface area contributed by atoms with Crippen molar-refractivity contribution in [2.24, 2.45) is 22.0 Å². The molecule has 1 unspecified atom stereocenters. The number of aromatic nitrogens is 1. The molecule has 1 aromatic rings. The number of alkyl halides is 3. The summed E-state index contributed by atoms with van der Waals surface area (Å²) in [7, 11) is 0. The van der Waals surface area contributed by atoms with Gasteiger partial charge in [0.05, 0.1) is 22.8 Å². The van der Waals surface area contributed by atoms with Crippen molar-refractivity contribution in [3.63, 3.8) is 0 Å². The van der Waals surface area contributed by atoms with Gasteiger partial charge in [0, 0.05) is 43.4 Å². The predicted octanol–water partition coefficient (Wildman–Crippen LogP) is 5.34. The molecule has 1 aromatic heterocycles. The van der Waals surface area contributed by atoms with Gasteiger partial charge in [-0.25, -0.2) is 9.98 Å². The average Bonchev–Trinajstić information content (AvgIpc) is 3.40. The van der Waals surface area contributed by atoms with Crippen LogP contribution in [0.2, 0.25) is 0 Å². The smallest absolute Gasteiger partial charge is 0.389 e. The molecule has 0 saturated heterocycles. The first kappa shape index (κ1) is 25.3. The Hall–Kier alpha value is -1.81. The maximum absolute atomic E-state index is 12.5. The van der Waals surface area contributed by atoms with E-state index in [1.54, 1.807) is 0 Å². The maximum atomic E-state index is 12.5. The Morgan fingerprint density at radius 3 is 2.79 bits per heavy atom. The fourth-order valence-electron chi connectivity index (χ4n) is 4.96. The molecule has 188 valence electrons. The second-order valence-corrected chi connectivity index (χ2v) is 11.0. The molecule has 10 heteroatoms. The lowest BCUT2D eigenvalue weighted by molar-refractivity contribution is -0.134. The minimum atomic E-state index is -4.13. The summed E-state index contributed by atoms with van der Waals surface area (Å²) in [5.74, 6) is 0.905. The van der Waals surface area contributed by atoms with E-state index >= 15 is 0 Å². The predicted molar refractivity (Wildman–Crippen MR) is 126 cm³/mol. The lowest BCUT2D eigenvalue weighted by atomic mass is 9.81. The first-order valence-corrected chi connectivity index (χ1v) is 13.1. The molecule has 1 amide bonds. The Kier molecular flexibility index (Phi) is 8.39. The van der Waals surface area contributed by atoms with Crippen LogP contribution in [0.1, 0.15) is 73.9 Å². The standard InChI is InChI=1S/C24H33F3N4O2S/c1-16-12-19(33-30-16)13-22(32)28-14-18-4-2-17(3-5-18)7-10-31-11-8-21-20(15-31)29-23(34-21)6-9-24(25,26)27/h14,17-19H,2-13,15H2,1H3. The molecule has 0 aromatic carbocycles. The summed E-state index contributed by atoms with van der Waals surface area (Å²) in [6.45, 7) is 4.59. The third-order valence-corrected chi connectivity index (χ3v) is 8.15. The quantitative estimate of drug-likeness (QED) is 0.454. The van der Waals surface area contributed by atoms with Crippen molar-refractivity contribution in [1.29, 1.82) is 0 Å². The fourth-order valence-corrected chi connectivity index (χ4v) is 6.02. The van der Waals surface area contributed by atoms with E-state index < -0.39 is 12.6 Å². The molecular formula is C24H33F3N4O2S. The highest BCUT2D eigenvalue weighted by molar-refractivity contribution is 7.11. The fraction of sp³-hybridized carbons (Fsp3) is 0.750. The molecule has 0 radical (unpaired) electrons. The number of hydrogen-bond acceptors (Lipinski definition) is 6. The highest BCUT2D eigenvalue weighted by atomic mass is 32.1. The lowest BCUT2D eigenvalue weighted by Gasteiger charge is -2.30. The molecule has 1 aliphatic carbocycles. The Labute approximate surface area is 202 Å². The van der Waals surface area contributed by atoms with E-state index in [4.69, 9.17) is 4.84 Å². The van der Waals surface area contributed by atoms with Crippen LogP contribution in [0, 0.1) is 11.8 Å². The number of carbonyl (C=O) groups is 1. The van der Waals surface area contributed by atoms with Crippen molar-refractivity contribution in [3.05, 3.63) is 15.6 Å². The number of hydrogen-bond donors (Lipinski definition) is 0. The number of nitrogens with zero attached hydrogens (tertiary/aromatic N) is 4. The third kappa shape index (κ3) is 7.60. The van der Waals surface area contributed by atoms with E-state index in [9.17, 15) is 18.0 Å². The lowest BCUT2D eigenvalue weighted by Crippen LogP contribution is -2.32. The van der Waals surface area contributed by atoms with Gasteiger partial charge in [0.1, 0.15) is 6.10 Å². The normalized spacial score (nSPS) is 25.9. The van der Waals surface area contributed by atoms with E-state index in [-0.39, 0.29) is 24.9 Å². The monoisotopic (exact) mass is 498 g/mol. The van der Waals surface area contributed by atoms with Gasteiger partial charge in [-0.3, -0.25) is 9.69 Å². The van der Waals surface area contributed by atoms with Gasteiger partial charge in [0.15, 0.2) is 0 Å². The zero-order valence-electron chi connectivity index (χ0n) is 19.6. The zero-order valence-corrected chi connectivity index (χ0v) is 20.5. The van der Waals surface area contributed by atoms with Gasteiger partial charge in [0.25, 0.3) is 0 Å². The molecule has 6 nitrogen and oxygen atoms in total. The number of rotatable bonds is 8. The SMILES string of the molecule is CC1=NOC(CC(=O)N=CC2CCC(CCN3CCc4sc(CCC(F)(F)F)nc4C3)CC2)C1. The molecule has 0 spiro atoms. The second kappa shape index (κ2) is 11.3. The molecular weight excluding hydrogens is 465 g/mol. The van der Waals surface area contributed by atoms with Gasteiger partial charge < -0.3 is 4.84 Å². The summed E-state index contributed by atoms with van der Waals surface area (Å²) < 4.78 is 37.5. The molecule has 0 bridgehead atoms. The number of aryl methyl sites for hydroxylation is 1. The van der Waals surface area contributed by atoms with Crippen LogP contribution in [0.4, 0.5) is 13.2 Å². The molecule has 34 heavy (non-hydrogen) atoms. The number of thiazole rings is 1. The first-order valence-electron chi connectivity index (χ1n) is 12.3. The summed E-state index contributed by atoms with van der Waals surface area (Å²) in [6.07, 6.45) is 4.13. The molecule has 2 aliphatic heterocycles. The molecule has 1 saturated carbocycles. The van der Waals surface area contributed by atoms with Crippen molar-refractivity contribution < 1.29 is 22.8 Å². The minimum absolute atomic E-state index is 0.0121. The molecule has 0 N–H and O–H groups in total. The topological polar surface area (TPSA) is 67.2 Å². The van der Waals surface area contributed by atoms with Crippen LogP contribution in [0.15, 0.2) is 10.1 Å². The van der Waals surface area contributed by atoms with Gasteiger partial charge in [0.2, 0.25) is 5.91 Å². The number of oxime groups is 1. The third-order valence-electron chi connectivity index (χ3n) is 6.93. The van der Waals surface area contributed by atoms with Crippen molar-refractivity contribution in [2.75, 3.05) is 13.1 Å². The Morgan fingerprint density at radius 1 is 1.29 bits per heavy atom. The molecule has 1 atom stereocenters. The largest absolute Gasteiger partial charge is 0.392 e. The highest BCUT2D eigenvalue weighted by Crippen LogP contribution is 2.32. The van der Waals surface area contributed by atoms with Crippen molar-refractivity contribution in [3.8, 4) is 0 Å². The van der Waals surface area contributed by atoms with Crippen LogP contribution in [-0.2, 0) is 29.0 Å². The summed E-state index contributed by atoms with van der Waals surface area (Å²) in [4.78, 5) is 29.5. The van der Waals surface area contributed by atoms with E-state index in [0.717, 1.165) is 74.4 Å². The maximum Gasteiger partial charge on any atom is 0.389 e. The minimum Gasteiger partial charge on any atom is -0.392 e. The van der Waals surface area contributed by atoms with Gasteiger partial charge in [-0.1, -0.05) is 5.16 Å². The number of fused-ring (bicyclic) bond motifs is 1. The van der Waals surface area contributed by atoms with E-state index in [1.807, 2.05) is 13.1 Å². The van der Waals surface area contributed by atoms with Crippen LogP contribution >= 0.6 is 11.3 Å². The van der Waals surface area contributed by atoms with Crippen LogP contribution in [0.5, 0.6) is 0 Å². The van der Waals surface area contributed by atoms with E-state index in [0.29, 0.717) is 23.3 Å².